The van der Waals surface area contributed by atoms with Crippen molar-refractivity contribution in [3.63, 3.8) is 0 Å². The Morgan fingerprint density at radius 2 is 1.96 bits per heavy atom. The first-order chi connectivity index (χ1) is 12.1. The fourth-order valence-electron chi connectivity index (χ4n) is 2.85. The smallest absolute Gasteiger partial charge is 0.246 e. The minimum absolute atomic E-state index is 0.0208. The van der Waals surface area contributed by atoms with Crippen LogP contribution in [0.3, 0.4) is 0 Å². The summed E-state index contributed by atoms with van der Waals surface area (Å²) in [6.07, 6.45) is 4.70. The molecule has 2 aromatic rings. The van der Waals surface area contributed by atoms with Gasteiger partial charge >= 0.3 is 0 Å². The number of thiazole rings is 1. The van der Waals surface area contributed by atoms with Crippen LogP contribution in [-0.2, 0) is 9.59 Å². The van der Waals surface area contributed by atoms with Gasteiger partial charge in [-0.3, -0.25) is 9.59 Å². The summed E-state index contributed by atoms with van der Waals surface area (Å²) in [5.74, 6) is -0.0335. The van der Waals surface area contributed by atoms with E-state index in [1.165, 1.54) is 0 Å². The van der Waals surface area contributed by atoms with Gasteiger partial charge in [0.2, 0.25) is 11.8 Å². The summed E-state index contributed by atoms with van der Waals surface area (Å²) in [7, 11) is 0. The first-order valence-electron chi connectivity index (χ1n) is 8.37. The number of rotatable bonds is 4. The Kier molecular flexibility index (Phi) is 5.60. The number of amides is 2. The second-order valence-corrected chi connectivity index (χ2v) is 7.14. The number of nitrogens with one attached hydrogen (secondary N) is 1. The molecule has 1 saturated heterocycles. The highest BCUT2D eigenvalue weighted by Crippen LogP contribution is 2.20. The average molecular weight is 355 g/mol. The van der Waals surface area contributed by atoms with Gasteiger partial charge < -0.3 is 10.2 Å². The number of benzene rings is 1. The molecule has 1 aromatic heterocycles. The molecule has 0 aliphatic carbocycles. The maximum atomic E-state index is 12.3. The number of para-hydroxylation sites is 1. The third-order valence-electron chi connectivity index (χ3n) is 4.25. The maximum absolute atomic E-state index is 12.3. The van der Waals surface area contributed by atoms with Gasteiger partial charge in [-0.25, -0.2) is 4.98 Å². The molecule has 1 aliphatic heterocycles. The molecule has 0 bridgehead atoms. The Morgan fingerprint density at radius 3 is 2.60 bits per heavy atom. The third kappa shape index (κ3) is 4.76. The Morgan fingerprint density at radius 1 is 1.24 bits per heavy atom. The monoisotopic (exact) mass is 355 g/mol. The first kappa shape index (κ1) is 17.4. The van der Waals surface area contributed by atoms with Crippen molar-refractivity contribution in [3.05, 3.63) is 52.5 Å². The molecular formula is C19H21N3O2S. The van der Waals surface area contributed by atoms with Crippen molar-refractivity contribution >= 4 is 34.9 Å². The van der Waals surface area contributed by atoms with Crippen LogP contribution >= 0.6 is 11.3 Å². The van der Waals surface area contributed by atoms with E-state index in [4.69, 9.17) is 0 Å². The van der Waals surface area contributed by atoms with Crippen LogP contribution in [0.15, 0.2) is 41.8 Å². The quantitative estimate of drug-likeness (QED) is 0.856. The van der Waals surface area contributed by atoms with Crippen LogP contribution in [0.25, 0.3) is 6.08 Å². The summed E-state index contributed by atoms with van der Waals surface area (Å²) in [5.41, 5.74) is 1.63. The number of carbonyl (C=O) groups excluding carboxylic acids is 2. The van der Waals surface area contributed by atoms with Crippen molar-refractivity contribution in [3.8, 4) is 0 Å². The molecule has 2 amide bonds. The number of carbonyl (C=O) groups is 2. The van der Waals surface area contributed by atoms with Crippen LogP contribution in [-0.4, -0.2) is 34.8 Å². The SMILES string of the molecule is Cc1nc(/C=C/C(=O)N2CCC(C(=O)Nc3ccccc3)CC2)cs1. The number of hydrogen-bond donors (Lipinski definition) is 1. The lowest BCUT2D eigenvalue weighted by Crippen LogP contribution is -2.40. The van der Waals surface area contributed by atoms with E-state index in [2.05, 4.69) is 10.3 Å². The van der Waals surface area contributed by atoms with Crippen LogP contribution in [0.5, 0.6) is 0 Å². The topological polar surface area (TPSA) is 62.3 Å². The molecule has 0 atom stereocenters. The number of anilines is 1. The Labute approximate surface area is 151 Å². The predicted octanol–water partition coefficient (Wildman–Crippen LogP) is 3.34. The van der Waals surface area contributed by atoms with Crippen molar-refractivity contribution in [1.29, 1.82) is 0 Å². The van der Waals surface area contributed by atoms with Gasteiger partial charge in [0.1, 0.15) is 0 Å². The first-order valence-corrected chi connectivity index (χ1v) is 9.25. The molecule has 5 nitrogen and oxygen atoms in total. The lowest BCUT2D eigenvalue weighted by molar-refractivity contribution is -0.130. The van der Waals surface area contributed by atoms with E-state index >= 15 is 0 Å². The standard InChI is InChI=1S/C19H21N3O2S/c1-14-20-17(13-25-14)7-8-18(23)22-11-9-15(10-12-22)19(24)21-16-5-3-2-4-6-16/h2-8,13,15H,9-12H2,1H3,(H,21,24)/b8-7+. The van der Waals surface area contributed by atoms with Gasteiger partial charge in [0.15, 0.2) is 0 Å². The summed E-state index contributed by atoms with van der Waals surface area (Å²) in [6.45, 7) is 3.15. The van der Waals surface area contributed by atoms with Gasteiger partial charge in [-0.2, -0.15) is 0 Å². The van der Waals surface area contributed by atoms with Crippen molar-refractivity contribution < 1.29 is 9.59 Å². The Hall–Kier alpha value is -2.47. The number of likely N-dealkylation sites (tertiary alicyclic amines) is 1. The molecule has 2 heterocycles. The molecule has 1 N–H and O–H groups in total. The van der Waals surface area contributed by atoms with Crippen LogP contribution < -0.4 is 5.32 Å². The number of nitrogens with zero attached hydrogens (tertiary/aromatic N) is 2. The summed E-state index contributed by atoms with van der Waals surface area (Å²) in [6, 6.07) is 9.46. The Balaban J connectivity index is 1.48. The van der Waals surface area contributed by atoms with E-state index < -0.39 is 0 Å². The Bertz CT molecular complexity index is 762. The minimum Gasteiger partial charge on any atom is -0.339 e. The second kappa shape index (κ2) is 8.07. The fourth-order valence-corrected chi connectivity index (χ4v) is 3.43. The van der Waals surface area contributed by atoms with Crippen LogP contribution in [0.1, 0.15) is 23.5 Å². The zero-order valence-electron chi connectivity index (χ0n) is 14.1. The number of piperidine rings is 1. The number of aromatic nitrogens is 1. The third-order valence-corrected chi connectivity index (χ3v) is 5.04. The fraction of sp³-hybridized carbons (Fsp3) is 0.316. The van der Waals surface area contributed by atoms with Crippen LogP contribution in [0, 0.1) is 12.8 Å². The van der Waals surface area contributed by atoms with Crippen molar-refractivity contribution in [1.82, 2.24) is 9.88 Å². The second-order valence-electron chi connectivity index (χ2n) is 6.08. The summed E-state index contributed by atoms with van der Waals surface area (Å²) in [4.78, 5) is 30.7. The van der Waals surface area contributed by atoms with E-state index in [0.29, 0.717) is 25.9 Å². The molecule has 130 valence electrons. The summed E-state index contributed by atoms with van der Waals surface area (Å²) in [5, 5.41) is 5.85. The molecule has 0 unspecified atom stereocenters. The van der Waals surface area contributed by atoms with E-state index in [0.717, 1.165) is 16.4 Å². The molecular weight excluding hydrogens is 334 g/mol. The number of aryl methyl sites for hydroxylation is 1. The maximum Gasteiger partial charge on any atom is 0.246 e. The van der Waals surface area contributed by atoms with E-state index in [9.17, 15) is 9.59 Å². The molecule has 1 fully saturated rings. The molecule has 0 saturated carbocycles. The van der Waals surface area contributed by atoms with Gasteiger partial charge in [-0.1, -0.05) is 18.2 Å². The summed E-state index contributed by atoms with van der Waals surface area (Å²) < 4.78 is 0. The van der Waals surface area contributed by atoms with Gasteiger partial charge in [-0.15, -0.1) is 11.3 Å². The molecule has 6 heteroatoms. The van der Waals surface area contributed by atoms with Crippen molar-refractivity contribution in [2.24, 2.45) is 5.92 Å². The van der Waals surface area contributed by atoms with Gasteiger partial charge in [0.25, 0.3) is 0 Å². The molecule has 25 heavy (non-hydrogen) atoms. The summed E-state index contributed by atoms with van der Waals surface area (Å²) >= 11 is 1.56. The lowest BCUT2D eigenvalue weighted by atomic mass is 9.95. The van der Waals surface area contributed by atoms with Gasteiger partial charge in [0.05, 0.1) is 10.7 Å². The van der Waals surface area contributed by atoms with E-state index in [1.54, 1.807) is 28.4 Å². The molecule has 0 radical (unpaired) electrons. The van der Waals surface area contributed by atoms with E-state index in [1.807, 2.05) is 42.6 Å². The minimum atomic E-state index is -0.0468. The number of hydrogen-bond acceptors (Lipinski definition) is 4. The van der Waals surface area contributed by atoms with Crippen molar-refractivity contribution in [2.75, 3.05) is 18.4 Å². The van der Waals surface area contributed by atoms with Gasteiger partial charge in [0, 0.05) is 36.2 Å². The van der Waals surface area contributed by atoms with Crippen molar-refractivity contribution in [2.45, 2.75) is 19.8 Å². The zero-order chi connectivity index (χ0) is 17.6. The average Bonchev–Trinajstić information content (AvgIpc) is 3.06. The van der Waals surface area contributed by atoms with Crippen LogP contribution in [0.2, 0.25) is 0 Å². The molecule has 1 aliphatic rings. The molecule has 3 rings (SSSR count). The highest BCUT2D eigenvalue weighted by Gasteiger charge is 2.26. The largest absolute Gasteiger partial charge is 0.339 e. The normalized spacial score (nSPS) is 15.5. The molecule has 0 spiro atoms. The predicted molar refractivity (Wildman–Crippen MR) is 100 cm³/mol. The highest BCUT2D eigenvalue weighted by atomic mass is 32.1. The lowest BCUT2D eigenvalue weighted by Gasteiger charge is -2.30. The van der Waals surface area contributed by atoms with Gasteiger partial charge in [-0.05, 0) is 38.0 Å². The zero-order valence-corrected chi connectivity index (χ0v) is 15.0. The molecule has 1 aromatic carbocycles. The van der Waals surface area contributed by atoms with E-state index in [-0.39, 0.29) is 17.7 Å². The van der Waals surface area contributed by atoms with Crippen LogP contribution in [0.4, 0.5) is 5.69 Å². The highest BCUT2D eigenvalue weighted by molar-refractivity contribution is 7.09.